The van der Waals surface area contributed by atoms with E-state index in [2.05, 4.69) is 4.98 Å². The van der Waals surface area contributed by atoms with Gasteiger partial charge in [0, 0.05) is 17.3 Å². The molecule has 0 aliphatic carbocycles. The van der Waals surface area contributed by atoms with E-state index in [0.29, 0.717) is 16.8 Å². The van der Waals surface area contributed by atoms with Crippen LogP contribution in [0.4, 0.5) is 5.69 Å². The number of carbonyl (C=O) groups is 3. The summed E-state index contributed by atoms with van der Waals surface area (Å²) in [6.07, 6.45) is -1.13. The number of nitro benzene ring substituents is 1. The van der Waals surface area contributed by atoms with E-state index < -0.39 is 29.4 Å². The molecule has 9 heteroatoms. The van der Waals surface area contributed by atoms with Crippen LogP contribution in [0.15, 0.2) is 24.3 Å². The Labute approximate surface area is 160 Å². The monoisotopic (exact) mass is 388 g/mol. The van der Waals surface area contributed by atoms with Crippen LogP contribution in [-0.4, -0.2) is 40.2 Å². The summed E-state index contributed by atoms with van der Waals surface area (Å²) in [5, 5.41) is 10.9. The fourth-order valence-electron chi connectivity index (χ4n) is 2.88. The zero-order chi connectivity index (χ0) is 21.0. The number of aryl methyl sites for hydroxylation is 1. The number of hydrogen-bond donors (Lipinski definition) is 1. The number of aromatic nitrogens is 1. The van der Waals surface area contributed by atoms with E-state index >= 15 is 0 Å². The molecule has 1 aromatic carbocycles. The summed E-state index contributed by atoms with van der Waals surface area (Å²) in [5.41, 5.74) is 1.40. The number of esters is 1. The van der Waals surface area contributed by atoms with Crippen molar-refractivity contribution in [2.24, 2.45) is 0 Å². The zero-order valence-electron chi connectivity index (χ0n) is 15.9. The van der Waals surface area contributed by atoms with Crippen LogP contribution in [0.2, 0.25) is 0 Å². The average molecular weight is 388 g/mol. The number of nitrogens with zero attached hydrogens (tertiary/aromatic N) is 1. The van der Waals surface area contributed by atoms with E-state index in [1.807, 2.05) is 0 Å². The molecule has 28 heavy (non-hydrogen) atoms. The predicted octanol–water partition coefficient (Wildman–Crippen LogP) is 2.94. The van der Waals surface area contributed by atoms with Crippen LogP contribution in [0.25, 0.3) is 0 Å². The van der Waals surface area contributed by atoms with Gasteiger partial charge >= 0.3 is 11.7 Å². The molecule has 0 aliphatic heterocycles. The van der Waals surface area contributed by atoms with Crippen LogP contribution in [0.1, 0.15) is 46.0 Å². The molecular formula is C19H20N2O7. The Morgan fingerprint density at radius 2 is 1.86 bits per heavy atom. The summed E-state index contributed by atoms with van der Waals surface area (Å²) in [7, 11) is 0. The first-order valence-corrected chi connectivity index (χ1v) is 8.43. The van der Waals surface area contributed by atoms with E-state index in [0.717, 1.165) is 0 Å². The molecule has 1 atom stereocenters. The lowest BCUT2D eigenvalue weighted by Crippen LogP contribution is -2.28. The van der Waals surface area contributed by atoms with Gasteiger partial charge in [0.05, 0.1) is 10.6 Å². The minimum atomic E-state index is -1.13. The van der Waals surface area contributed by atoms with Gasteiger partial charge in [0.1, 0.15) is 0 Å². The minimum Gasteiger partial charge on any atom is -0.475 e. The molecule has 148 valence electrons. The SMILES string of the molecule is CC(=O)c1c(C)[nH]c(C(=O)[C@H](C)OC(=O)COc2ccccc2[N+](=O)[O-])c1C. The van der Waals surface area contributed by atoms with Crippen molar-refractivity contribution in [1.82, 2.24) is 4.98 Å². The summed E-state index contributed by atoms with van der Waals surface area (Å²) in [5.74, 6) is -1.60. The van der Waals surface area contributed by atoms with Crippen LogP contribution in [0.5, 0.6) is 5.75 Å². The van der Waals surface area contributed by atoms with E-state index in [-0.39, 0.29) is 22.9 Å². The Kier molecular flexibility index (Phi) is 6.29. The number of nitro groups is 1. The van der Waals surface area contributed by atoms with Crippen molar-refractivity contribution >= 4 is 23.2 Å². The van der Waals surface area contributed by atoms with E-state index in [1.165, 1.54) is 38.1 Å². The number of Topliss-reactive ketones (excluding diaryl/α,β-unsaturated/α-hetero) is 2. The topological polar surface area (TPSA) is 129 Å². The molecule has 0 unspecified atom stereocenters. The first kappa shape index (κ1) is 20.8. The predicted molar refractivity (Wildman–Crippen MR) is 98.7 cm³/mol. The molecule has 2 rings (SSSR count). The van der Waals surface area contributed by atoms with Crippen molar-refractivity contribution in [3.8, 4) is 5.75 Å². The molecule has 0 radical (unpaired) electrons. The molecule has 0 bridgehead atoms. The van der Waals surface area contributed by atoms with Gasteiger partial charge in [-0.3, -0.25) is 19.7 Å². The second-order valence-corrected chi connectivity index (χ2v) is 6.19. The van der Waals surface area contributed by atoms with Gasteiger partial charge in [-0.05, 0) is 39.3 Å². The lowest BCUT2D eigenvalue weighted by atomic mass is 10.0. The molecule has 1 heterocycles. The van der Waals surface area contributed by atoms with Crippen molar-refractivity contribution in [2.45, 2.75) is 33.8 Å². The third-order valence-electron chi connectivity index (χ3n) is 4.12. The van der Waals surface area contributed by atoms with Crippen molar-refractivity contribution in [1.29, 1.82) is 0 Å². The third-order valence-corrected chi connectivity index (χ3v) is 4.12. The molecule has 1 N–H and O–H groups in total. The fourth-order valence-corrected chi connectivity index (χ4v) is 2.88. The number of nitrogens with one attached hydrogen (secondary N) is 1. The smallest absolute Gasteiger partial charge is 0.344 e. The van der Waals surface area contributed by atoms with Crippen LogP contribution < -0.4 is 4.74 Å². The average Bonchev–Trinajstić information content (AvgIpc) is 2.93. The number of para-hydroxylation sites is 2. The Balaban J connectivity index is 2.03. The molecule has 0 amide bonds. The summed E-state index contributed by atoms with van der Waals surface area (Å²) in [6, 6.07) is 5.60. The van der Waals surface area contributed by atoms with Gasteiger partial charge in [0.15, 0.2) is 24.2 Å². The highest BCUT2D eigenvalue weighted by Crippen LogP contribution is 2.26. The number of aromatic amines is 1. The van der Waals surface area contributed by atoms with Gasteiger partial charge in [-0.1, -0.05) is 12.1 Å². The lowest BCUT2D eigenvalue weighted by Gasteiger charge is -2.13. The number of benzene rings is 1. The highest BCUT2D eigenvalue weighted by atomic mass is 16.6. The van der Waals surface area contributed by atoms with Gasteiger partial charge < -0.3 is 14.5 Å². The quantitative estimate of drug-likeness (QED) is 0.318. The second kappa shape index (κ2) is 8.47. The fraction of sp³-hybridized carbons (Fsp3) is 0.316. The maximum absolute atomic E-state index is 12.6. The molecule has 9 nitrogen and oxygen atoms in total. The molecule has 2 aromatic rings. The van der Waals surface area contributed by atoms with E-state index in [1.54, 1.807) is 13.8 Å². The molecule has 0 fully saturated rings. The molecule has 0 aliphatic rings. The van der Waals surface area contributed by atoms with Gasteiger partial charge in [0.25, 0.3) is 0 Å². The largest absolute Gasteiger partial charge is 0.475 e. The van der Waals surface area contributed by atoms with Crippen molar-refractivity contribution in [3.63, 3.8) is 0 Å². The Morgan fingerprint density at radius 1 is 1.21 bits per heavy atom. The number of ketones is 2. The normalized spacial score (nSPS) is 11.6. The van der Waals surface area contributed by atoms with Crippen LogP contribution >= 0.6 is 0 Å². The van der Waals surface area contributed by atoms with E-state index in [9.17, 15) is 24.5 Å². The van der Waals surface area contributed by atoms with E-state index in [4.69, 9.17) is 9.47 Å². The summed E-state index contributed by atoms with van der Waals surface area (Å²) in [4.78, 5) is 49.4. The molecule has 0 spiro atoms. The Bertz CT molecular complexity index is 946. The number of ether oxygens (including phenoxy) is 2. The van der Waals surface area contributed by atoms with Crippen LogP contribution in [0, 0.1) is 24.0 Å². The third kappa shape index (κ3) is 4.43. The number of hydrogen-bond acceptors (Lipinski definition) is 7. The lowest BCUT2D eigenvalue weighted by molar-refractivity contribution is -0.385. The number of H-pyrrole nitrogens is 1. The second-order valence-electron chi connectivity index (χ2n) is 6.19. The minimum absolute atomic E-state index is 0.0784. The summed E-state index contributed by atoms with van der Waals surface area (Å²) >= 11 is 0. The zero-order valence-corrected chi connectivity index (χ0v) is 15.9. The van der Waals surface area contributed by atoms with Crippen molar-refractivity contribution in [2.75, 3.05) is 6.61 Å². The Morgan fingerprint density at radius 3 is 2.43 bits per heavy atom. The van der Waals surface area contributed by atoms with Gasteiger partial charge in [-0.15, -0.1) is 0 Å². The molecule has 1 aromatic heterocycles. The van der Waals surface area contributed by atoms with Crippen LogP contribution in [-0.2, 0) is 9.53 Å². The first-order chi connectivity index (χ1) is 13.1. The summed E-state index contributed by atoms with van der Waals surface area (Å²) in [6.45, 7) is 5.52. The number of rotatable bonds is 8. The maximum Gasteiger partial charge on any atom is 0.344 e. The van der Waals surface area contributed by atoms with Gasteiger partial charge in [-0.25, -0.2) is 4.79 Å². The standard InChI is InChI=1S/C19H20N2O7/c1-10-17(12(3)22)11(2)20-18(10)19(24)13(4)28-16(23)9-27-15-8-6-5-7-14(15)21(25)26/h5-8,13,20H,9H2,1-4H3/t13-/m0/s1. The maximum atomic E-state index is 12.6. The van der Waals surface area contributed by atoms with Gasteiger partial charge in [0.2, 0.25) is 5.78 Å². The highest BCUT2D eigenvalue weighted by molar-refractivity contribution is 6.05. The van der Waals surface area contributed by atoms with Gasteiger partial charge in [-0.2, -0.15) is 0 Å². The van der Waals surface area contributed by atoms with Crippen molar-refractivity contribution in [3.05, 3.63) is 56.9 Å². The molecular weight excluding hydrogens is 368 g/mol. The van der Waals surface area contributed by atoms with Crippen molar-refractivity contribution < 1.29 is 28.8 Å². The summed E-state index contributed by atoms with van der Waals surface area (Å²) < 4.78 is 10.2. The van der Waals surface area contributed by atoms with Crippen LogP contribution in [0.3, 0.4) is 0 Å². The Hall–Kier alpha value is -3.49. The number of carbonyl (C=O) groups excluding carboxylic acids is 3. The molecule has 0 saturated carbocycles. The molecule has 0 saturated heterocycles. The first-order valence-electron chi connectivity index (χ1n) is 8.43. The highest BCUT2D eigenvalue weighted by Gasteiger charge is 2.26.